The number of carbonyl (C=O) groups excluding carboxylic acids is 2. The lowest BCUT2D eigenvalue weighted by Crippen LogP contribution is -2.54. The lowest BCUT2D eigenvalue weighted by atomic mass is 10.0. The van der Waals surface area contributed by atoms with Crippen LogP contribution in [0.2, 0.25) is 0 Å². The van der Waals surface area contributed by atoms with Crippen LogP contribution in [0.25, 0.3) is 0 Å². The number of ether oxygens (including phenoxy) is 1. The monoisotopic (exact) mass is 627 g/mol. The SMILES string of the molecule is CCOc1ccc(S(=O)(=O)N(CC(=O)N(Cc2ccccc2)[C@@H](Cc2ccccc2)C(=O)N[C@@H](C)CC)c2ccccc2)cc1. The van der Waals surface area contributed by atoms with E-state index in [1.807, 2.05) is 81.4 Å². The quantitative estimate of drug-likeness (QED) is 0.179. The van der Waals surface area contributed by atoms with E-state index in [1.54, 1.807) is 42.5 Å². The number of hydrogen-bond acceptors (Lipinski definition) is 5. The summed E-state index contributed by atoms with van der Waals surface area (Å²) >= 11 is 0. The summed E-state index contributed by atoms with van der Waals surface area (Å²) in [5.41, 5.74) is 2.04. The van der Waals surface area contributed by atoms with Crippen molar-refractivity contribution in [2.75, 3.05) is 17.5 Å². The number of benzene rings is 4. The van der Waals surface area contributed by atoms with Gasteiger partial charge in [-0.2, -0.15) is 0 Å². The smallest absolute Gasteiger partial charge is 0.264 e. The molecule has 8 nitrogen and oxygen atoms in total. The second-order valence-electron chi connectivity index (χ2n) is 10.8. The number of anilines is 1. The van der Waals surface area contributed by atoms with Gasteiger partial charge in [0.2, 0.25) is 11.8 Å². The van der Waals surface area contributed by atoms with E-state index in [2.05, 4.69) is 5.32 Å². The molecule has 2 amide bonds. The van der Waals surface area contributed by atoms with E-state index >= 15 is 0 Å². The molecule has 4 rings (SSSR count). The van der Waals surface area contributed by atoms with E-state index in [0.717, 1.165) is 21.9 Å². The summed E-state index contributed by atoms with van der Waals surface area (Å²) in [6.45, 7) is 5.81. The first-order valence-electron chi connectivity index (χ1n) is 15.2. The van der Waals surface area contributed by atoms with Crippen LogP contribution in [-0.4, -0.2) is 50.4 Å². The van der Waals surface area contributed by atoms with Crippen LogP contribution in [0.5, 0.6) is 5.75 Å². The zero-order valence-corrected chi connectivity index (χ0v) is 26.8. The van der Waals surface area contributed by atoms with E-state index in [1.165, 1.54) is 17.0 Å². The first-order valence-corrected chi connectivity index (χ1v) is 16.6. The van der Waals surface area contributed by atoms with Crippen molar-refractivity contribution in [3.05, 3.63) is 126 Å². The second kappa shape index (κ2) is 15.9. The van der Waals surface area contributed by atoms with Crippen molar-refractivity contribution >= 4 is 27.5 Å². The predicted molar refractivity (Wildman–Crippen MR) is 177 cm³/mol. The number of carbonyl (C=O) groups is 2. The van der Waals surface area contributed by atoms with E-state index in [-0.39, 0.29) is 29.8 Å². The number of nitrogens with zero attached hydrogens (tertiary/aromatic N) is 2. The molecule has 0 aliphatic rings. The van der Waals surface area contributed by atoms with Crippen LogP contribution in [0, 0.1) is 0 Å². The van der Waals surface area contributed by atoms with E-state index in [4.69, 9.17) is 4.74 Å². The van der Waals surface area contributed by atoms with Gasteiger partial charge in [-0.1, -0.05) is 85.8 Å². The van der Waals surface area contributed by atoms with Gasteiger partial charge in [0.25, 0.3) is 10.0 Å². The third-order valence-electron chi connectivity index (χ3n) is 7.51. The Hall–Kier alpha value is -4.63. The third-order valence-corrected chi connectivity index (χ3v) is 9.30. The molecule has 0 aliphatic heterocycles. The number of para-hydroxylation sites is 1. The van der Waals surface area contributed by atoms with Gasteiger partial charge in [0.15, 0.2) is 0 Å². The molecule has 45 heavy (non-hydrogen) atoms. The molecule has 0 aromatic heterocycles. The highest BCUT2D eigenvalue weighted by molar-refractivity contribution is 7.92. The van der Waals surface area contributed by atoms with Gasteiger partial charge in [0.05, 0.1) is 17.2 Å². The maximum Gasteiger partial charge on any atom is 0.264 e. The van der Waals surface area contributed by atoms with Crippen molar-refractivity contribution in [1.82, 2.24) is 10.2 Å². The summed E-state index contributed by atoms with van der Waals surface area (Å²) in [6.07, 6.45) is 0.983. The Bertz CT molecular complexity index is 1620. The minimum Gasteiger partial charge on any atom is -0.494 e. The van der Waals surface area contributed by atoms with Crippen LogP contribution in [-0.2, 0) is 32.6 Å². The van der Waals surface area contributed by atoms with Crippen molar-refractivity contribution < 1.29 is 22.7 Å². The fourth-order valence-electron chi connectivity index (χ4n) is 4.90. The van der Waals surface area contributed by atoms with Crippen LogP contribution < -0.4 is 14.4 Å². The van der Waals surface area contributed by atoms with Gasteiger partial charge < -0.3 is 15.0 Å². The van der Waals surface area contributed by atoms with Crippen molar-refractivity contribution in [3.63, 3.8) is 0 Å². The molecule has 0 radical (unpaired) electrons. The Morgan fingerprint density at radius 3 is 1.89 bits per heavy atom. The molecule has 236 valence electrons. The van der Waals surface area contributed by atoms with Gasteiger partial charge >= 0.3 is 0 Å². The molecule has 0 heterocycles. The molecule has 0 fully saturated rings. The maximum atomic E-state index is 14.5. The van der Waals surface area contributed by atoms with E-state index < -0.39 is 28.5 Å². The third kappa shape index (κ3) is 8.95. The molecule has 0 spiro atoms. The van der Waals surface area contributed by atoms with Crippen molar-refractivity contribution in [2.24, 2.45) is 0 Å². The molecule has 9 heteroatoms. The van der Waals surface area contributed by atoms with Crippen LogP contribution in [0.1, 0.15) is 38.3 Å². The molecule has 4 aromatic rings. The molecule has 0 bridgehead atoms. The minimum atomic E-state index is -4.19. The Morgan fingerprint density at radius 2 is 1.33 bits per heavy atom. The van der Waals surface area contributed by atoms with Crippen LogP contribution in [0.4, 0.5) is 5.69 Å². The molecular formula is C36H41N3O5S. The molecule has 0 unspecified atom stereocenters. The Labute approximate surface area is 266 Å². The van der Waals surface area contributed by atoms with Crippen LogP contribution >= 0.6 is 0 Å². The Morgan fingerprint density at radius 1 is 0.778 bits per heavy atom. The number of rotatable bonds is 15. The topological polar surface area (TPSA) is 96.0 Å². The summed E-state index contributed by atoms with van der Waals surface area (Å²) in [5.74, 6) is -0.250. The Balaban J connectivity index is 1.76. The highest BCUT2D eigenvalue weighted by atomic mass is 32.2. The largest absolute Gasteiger partial charge is 0.494 e. The number of amides is 2. The molecule has 0 saturated carbocycles. The fraction of sp³-hybridized carbons (Fsp3) is 0.278. The van der Waals surface area contributed by atoms with Gasteiger partial charge in [0.1, 0.15) is 18.3 Å². The maximum absolute atomic E-state index is 14.5. The standard InChI is InChI=1S/C36H41N3O5S/c1-4-28(3)37-36(41)34(25-29-15-9-6-10-16-29)38(26-30-17-11-7-12-18-30)35(40)27-39(31-19-13-8-14-20-31)45(42,43)33-23-21-32(22-24-33)44-5-2/h6-24,28,34H,4-5,25-27H2,1-3H3,(H,37,41)/t28-,34-/m0/s1. The summed E-state index contributed by atoms with van der Waals surface area (Å²) in [7, 11) is -4.19. The zero-order chi connectivity index (χ0) is 32.2. The van der Waals surface area contributed by atoms with Crippen molar-refractivity contribution in [2.45, 2.75) is 57.1 Å². The van der Waals surface area contributed by atoms with Crippen LogP contribution in [0.3, 0.4) is 0 Å². The lowest BCUT2D eigenvalue weighted by Gasteiger charge is -2.34. The Kier molecular flexibility index (Phi) is 11.8. The van der Waals surface area contributed by atoms with E-state index in [0.29, 0.717) is 18.0 Å². The van der Waals surface area contributed by atoms with E-state index in [9.17, 15) is 18.0 Å². The van der Waals surface area contributed by atoms with Crippen molar-refractivity contribution in [1.29, 1.82) is 0 Å². The number of hydrogen-bond donors (Lipinski definition) is 1. The first kappa shape index (κ1) is 33.3. The summed E-state index contributed by atoms with van der Waals surface area (Å²) < 4.78 is 34.9. The average Bonchev–Trinajstić information content (AvgIpc) is 3.06. The summed E-state index contributed by atoms with van der Waals surface area (Å²) in [6, 6.07) is 32.6. The van der Waals surface area contributed by atoms with Gasteiger partial charge in [0, 0.05) is 19.0 Å². The van der Waals surface area contributed by atoms with Crippen LogP contribution in [0.15, 0.2) is 120 Å². The minimum absolute atomic E-state index is 0.0209. The zero-order valence-electron chi connectivity index (χ0n) is 26.0. The molecule has 4 aromatic carbocycles. The highest BCUT2D eigenvalue weighted by Gasteiger charge is 2.35. The normalized spacial score (nSPS) is 12.5. The van der Waals surface area contributed by atoms with Gasteiger partial charge in [-0.15, -0.1) is 0 Å². The molecule has 1 N–H and O–H groups in total. The summed E-state index contributed by atoms with van der Waals surface area (Å²) in [4.78, 5) is 29.8. The number of sulfonamides is 1. The summed E-state index contributed by atoms with van der Waals surface area (Å²) in [5, 5.41) is 3.05. The highest BCUT2D eigenvalue weighted by Crippen LogP contribution is 2.26. The first-order chi connectivity index (χ1) is 21.7. The average molecular weight is 628 g/mol. The molecule has 0 aliphatic carbocycles. The van der Waals surface area contributed by atoms with Gasteiger partial charge in [-0.3, -0.25) is 13.9 Å². The van der Waals surface area contributed by atoms with Crippen molar-refractivity contribution in [3.8, 4) is 5.75 Å². The molecular weight excluding hydrogens is 586 g/mol. The fourth-order valence-corrected chi connectivity index (χ4v) is 6.31. The van der Waals surface area contributed by atoms with Gasteiger partial charge in [-0.05, 0) is 67.8 Å². The van der Waals surface area contributed by atoms with Gasteiger partial charge in [-0.25, -0.2) is 8.42 Å². The predicted octanol–water partition coefficient (Wildman–Crippen LogP) is 5.84. The second-order valence-corrected chi connectivity index (χ2v) is 12.6. The lowest BCUT2D eigenvalue weighted by molar-refractivity contribution is -0.140. The number of nitrogens with one attached hydrogen (secondary N) is 1. The molecule has 0 saturated heterocycles. The molecule has 2 atom stereocenters.